The monoisotopic (exact) mass is 294 g/mol. The lowest BCUT2D eigenvalue weighted by molar-refractivity contribution is 0.243. The Morgan fingerprint density at radius 3 is 2.94 bits per heavy atom. The molecule has 1 aromatic carbocycles. The minimum absolute atomic E-state index is 0.339. The predicted molar refractivity (Wildman–Crippen MR) is 69.4 cm³/mol. The largest absolute Gasteiger partial charge is 0.333 e. The van der Waals surface area contributed by atoms with Gasteiger partial charge in [-0.1, -0.05) is 28.6 Å². The van der Waals surface area contributed by atoms with Crippen LogP contribution >= 0.6 is 15.9 Å². The molecule has 0 saturated carbocycles. The SMILES string of the molecule is C=C(Br)CNC(=O)NNc1cccc(C#N)c1. The minimum atomic E-state index is -0.382. The zero-order valence-electron chi connectivity index (χ0n) is 8.96. The Hall–Kier alpha value is -2.00. The third kappa shape index (κ3) is 5.04. The number of nitriles is 1. The second-order valence-corrected chi connectivity index (χ2v) is 4.26. The van der Waals surface area contributed by atoms with Crippen molar-refractivity contribution in [1.82, 2.24) is 10.7 Å². The van der Waals surface area contributed by atoms with Gasteiger partial charge in [0.05, 0.1) is 23.9 Å². The number of anilines is 1. The van der Waals surface area contributed by atoms with Gasteiger partial charge in [0.1, 0.15) is 0 Å². The second kappa shape index (κ2) is 6.55. The molecule has 0 aliphatic rings. The Labute approximate surface area is 108 Å². The van der Waals surface area contributed by atoms with Gasteiger partial charge < -0.3 is 5.32 Å². The topological polar surface area (TPSA) is 77.0 Å². The Bertz CT molecular complexity index is 467. The van der Waals surface area contributed by atoms with Crippen molar-refractivity contribution in [2.24, 2.45) is 0 Å². The summed E-state index contributed by atoms with van der Waals surface area (Å²) in [6.07, 6.45) is 0. The van der Waals surface area contributed by atoms with Crippen molar-refractivity contribution < 1.29 is 4.79 Å². The average molecular weight is 295 g/mol. The molecule has 1 rings (SSSR count). The van der Waals surface area contributed by atoms with Gasteiger partial charge in [-0.2, -0.15) is 5.26 Å². The maximum Gasteiger partial charge on any atom is 0.333 e. The van der Waals surface area contributed by atoms with Gasteiger partial charge in [-0.05, 0) is 18.2 Å². The highest BCUT2D eigenvalue weighted by Crippen LogP contribution is 2.07. The van der Waals surface area contributed by atoms with Gasteiger partial charge in [-0.3, -0.25) is 10.9 Å². The zero-order valence-corrected chi connectivity index (χ0v) is 10.5. The maximum atomic E-state index is 11.3. The Morgan fingerprint density at radius 2 is 2.29 bits per heavy atom. The molecule has 88 valence electrons. The number of urea groups is 1. The van der Waals surface area contributed by atoms with Crippen LogP contribution in [0.15, 0.2) is 35.3 Å². The summed E-state index contributed by atoms with van der Waals surface area (Å²) in [5.74, 6) is 0. The van der Waals surface area contributed by atoms with Crippen molar-refractivity contribution in [3.05, 3.63) is 40.9 Å². The first-order chi connectivity index (χ1) is 8.11. The van der Waals surface area contributed by atoms with E-state index in [4.69, 9.17) is 5.26 Å². The fraction of sp³-hybridized carbons (Fsp3) is 0.0909. The van der Waals surface area contributed by atoms with E-state index in [1.54, 1.807) is 24.3 Å². The van der Waals surface area contributed by atoms with Crippen molar-refractivity contribution in [1.29, 1.82) is 5.26 Å². The molecule has 3 N–H and O–H groups in total. The lowest BCUT2D eigenvalue weighted by Crippen LogP contribution is -2.39. The normalized spacial score (nSPS) is 8.94. The number of carbonyl (C=O) groups is 1. The van der Waals surface area contributed by atoms with Gasteiger partial charge in [0, 0.05) is 4.48 Å². The van der Waals surface area contributed by atoms with Crippen LogP contribution in [0, 0.1) is 11.3 Å². The summed E-state index contributed by atoms with van der Waals surface area (Å²) in [5.41, 5.74) is 6.27. The van der Waals surface area contributed by atoms with Crippen LogP contribution in [0.25, 0.3) is 0 Å². The summed E-state index contributed by atoms with van der Waals surface area (Å²) in [5, 5.41) is 11.2. The van der Waals surface area contributed by atoms with E-state index in [9.17, 15) is 4.79 Å². The molecule has 0 saturated heterocycles. The molecule has 1 aromatic rings. The standard InChI is InChI=1S/C11H11BrN4O/c1-8(12)7-14-11(17)16-15-10-4-2-3-9(5-10)6-13/h2-5,15H,1,7H2,(H2,14,16,17). The van der Waals surface area contributed by atoms with E-state index >= 15 is 0 Å². The molecule has 0 atom stereocenters. The molecular formula is C11H11BrN4O. The van der Waals surface area contributed by atoms with E-state index in [2.05, 4.69) is 38.7 Å². The molecule has 0 aliphatic carbocycles. The van der Waals surface area contributed by atoms with Crippen LogP contribution in [0.1, 0.15) is 5.56 Å². The average Bonchev–Trinajstić information content (AvgIpc) is 2.34. The van der Waals surface area contributed by atoms with E-state index in [1.807, 2.05) is 6.07 Å². The molecule has 6 heteroatoms. The summed E-state index contributed by atoms with van der Waals surface area (Å²) in [6.45, 7) is 3.92. The fourth-order valence-corrected chi connectivity index (χ4v) is 1.16. The predicted octanol–water partition coefficient (Wildman–Crippen LogP) is 2.09. The summed E-state index contributed by atoms with van der Waals surface area (Å²) >= 11 is 3.12. The van der Waals surface area contributed by atoms with Gasteiger partial charge in [-0.25, -0.2) is 4.79 Å². The summed E-state index contributed by atoms with van der Waals surface area (Å²) < 4.78 is 0.680. The first kappa shape index (κ1) is 13.1. The first-order valence-corrected chi connectivity index (χ1v) is 5.54. The highest BCUT2D eigenvalue weighted by atomic mass is 79.9. The number of amides is 2. The van der Waals surface area contributed by atoms with Gasteiger partial charge in [-0.15, -0.1) is 0 Å². The minimum Gasteiger partial charge on any atom is -0.332 e. The van der Waals surface area contributed by atoms with Crippen LogP contribution in [0.2, 0.25) is 0 Å². The number of benzene rings is 1. The third-order valence-electron chi connectivity index (χ3n) is 1.75. The molecule has 0 bridgehead atoms. The Balaban J connectivity index is 2.42. The van der Waals surface area contributed by atoms with Crippen LogP contribution in [0.4, 0.5) is 10.5 Å². The fourth-order valence-electron chi connectivity index (χ4n) is 1.02. The van der Waals surface area contributed by atoms with E-state index in [1.165, 1.54) is 0 Å². The smallest absolute Gasteiger partial charge is 0.332 e. The van der Waals surface area contributed by atoms with Crippen molar-refractivity contribution >= 4 is 27.6 Å². The van der Waals surface area contributed by atoms with Crippen LogP contribution < -0.4 is 16.2 Å². The molecule has 0 unspecified atom stereocenters. The van der Waals surface area contributed by atoms with E-state index in [0.29, 0.717) is 22.3 Å². The summed E-state index contributed by atoms with van der Waals surface area (Å²) in [7, 11) is 0. The Kier molecular flexibility index (Phi) is 5.04. The summed E-state index contributed by atoms with van der Waals surface area (Å²) in [4.78, 5) is 11.3. The molecule has 0 fully saturated rings. The van der Waals surface area contributed by atoms with Gasteiger partial charge >= 0.3 is 6.03 Å². The van der Waals surface area contributed by atoms with Gasteiger partial charge in [0.2, 0.25) is 0 Å². The number of halogens is 1. The molecule has 0 aliphatic heterocycles. The first-order valence-electron chi connectivity index (χ1n) is 4.75. The molecule has 2 amide bonds. The highest BCUT2D eigenvalue weighted by Gasteiger charge is 1.99. The molecular weight excluding hydrogens is 284 g/mol. The lowest BCUT2D eigenvalue weighted by atomic mass is 10.2. The molecule has 5 nitrogen and oxygen atoms in total. The number of nitrogens with one attached hydrogen (secondary N) is 3. The Morgan fingerprint density at radius 1 is 1.53 bits per heavy atom. The molecule has 17 heavy (non-hydrogen) atoms. The zero-order chi connectivity index (χ0) is 12.7. The second-order valence-electron chi connectivity index (χ2n) is 3.14. The molecule has 0 spiro atoms. The van der Waals surface area contributed by atoms with E-state index in [-0.39, 0.29) is 6.03 Å². The van der Waals surface area contributed by atoms with Gasteiger partial charge in [0.25, 0.3) is 0 Å². The van der Waals surface area contributed by atoms with Crippen molar-refractivity contribution in [2.75, 3.05) is 12.0 Å². The van der Waals surface area contributed by atoms with Crippen molar-refractivity contribution in [3.63, 3.8) is 0 Å². The lowest BCUT2D eigenvalue weighted by Gasteiger charge is -2.09. The number of hydrazine groups is 1. The maximum absolute atomic E-state index is 11.3. The van der Waals surface area contributed by atoms with Crippen molar-refractivity contribution in [2.45, 2.75) is 0 Å². The number of hydrogen-bond donors (Lipinski definition) is 3. The van der Waals surface area contributed by atoms with Crippen LogP contribution in [-0.4, -0.2) is 12.6 Å². The molecule has 0 heterocycles. The molecule has 0 aromatic heterocycles. The highest BCUT2D eigenvalue weighted by molar-refractivity contribution is 9.11. The molecule has 0 radical (unpaired) electrons. The third-order valence-corrected chi connectivity index (χ3v) is 2.03. The van der Waals surface area contributed by atoms with Crippen LogP contribution in [0.3, 0.4) is 0 Å². The van der Waals surface area contributed by atoms with Crippen LogP contribution in [0.5, 0.6) is 0 Å². The number of hydrogen-bond acceptors (Lipinski definition) is 3. The quantitative estimate of drug-likeness (QED) is 0.744. The number of nitrogens with zero attached hydrogens (tertiary/aromatic N) is 1. The van der Waals surface area contributed by atoms with Crippen LogP contribution in [-0.2, 0) is 0 Å². The number of carbonyl (C=O) groups excluding carboxylic acids is 1. The number of rotatable bonds is 4. The van der Waals surface area contributed by atoms with Crippen molar-refractivity contribution in [3.8, 4) is 6.07 Å². The summed E-state index contributed by atoms with van der Waals surface area (Å²) in [6, 6.07) is 8.40. The van der Waals surface area contributed by atoms with E-state index < -0.39 is 0 Å². The van der Waals surface area contributed by atoms with Gasteiger partial charge in [0.15, 0.2) is 0 Å². The van der Waals surface area contributed by atoms with E-state index in [0.717, 1.165) is 0 Å².